The molecule has 5 heteroatoms. The predicted octanol–water partition coefficient (Wildman–Crippen LogP) is 0.0901. The van der Waals surface area contributed by atoms with Crippen molar-refractivity contribution in [1.82, 2.24) is 5.32 Å². The van der Waals surface area contributed by atoms with Crippen LogP contribution in [0.5, 0.6) is 5.75 Å². The fraction of sp³-hybridized carbons (Fsp3) is 0.417. The quantitative estimate of drug-likeness (QED) is 0.726. The van der Waals surface area contributed by atoms with Gasteiger partial charge in [0.2, 0.25) is 0 Å². The van der Waals surface area contributed by atoms with Crippen LogP contribution in [-0.4, -0.2) is 32.7 Å². The fourth-order valence-corrected chi connectivity index (χ4v) is 1.76. The third-order valence-electron chi connectivity index (χ3n) is 2.76. The first-order valence-electron chi connectivity index (χ1n) is 5.65. The van der Waals surface area contributed by atoms with Gasteiger partial charge in [-0.05, 0) is 17.7 Å². The molecule has 1 aliphatic heterocycles. The molecule has 2 rings (SSSR count). The summed E-state index contributed by atoms with van der Waals surface area (Å²) in [7, 11) is 1.76. The summed E-state index contributed by atoms with van der Waals surface area (Å²) < 4.78 is 5.36. The monoisotopic (exact) mass is 235 g/mol. The van der Waals surface area contributed by atoms with Crippen molar-refractivity contribution in [1.29, 1.82) is 0 Å². The number of nitrogens with zero attached hydrogens (tertiary/aromatic N) is 1. The minimum atomic E-state index is -0.0235. The number of benzene rings is 1. The number of hydrogen-bond acceptors (Lipinski definition) is 4. The summed E-state index contributed by atoms with van der Waals surface area (Å²) in [6.07, 6.45) is 0. The van der Waals surface area contributed by atoms with E-state index in [0.717, 1.165) is 30.1 Å². The Balaban J connectivity index is 2.14. The summed E-state index contributed by atoms with van der Waals surface area (Å²) in [6, 6.07) is 5.86. The van der Waals surface area contributed by atoms with Crippen LogP contribution in [-0.2, 0) is 11.3 Å². The molecule has 17 heavy (non-hydrogen) atoms. The largest absolute Gasteiger partial charge is 0.482 e. The molecule has 0 saturated heterocycles. The number of hydrogen-bond donors (Lipinski definition) is 2. The number of carbonyl (C=O) groups excluding carboxylic acids is 1. The highest BCUT2D eigenvalue weighted by Gasteiger charge is 2.21. The predicted molar refractivity (Wildman–Crippen MR) is 66.1 cm³/mol. The second-order valence-electron chi connectivity index (χ2n) is 4.01. The minimum Gasteiger partial charge on any atom is -0.482 e. The van der Waals surface area contributed by atoms with Crippen LogP contribution in [0.2, 0.25) is 0 Å². The molecule has 1 heterocycles. The number of rotatable bonds is 4. The van der Waals surface area contributed by atoms with Crippen molar-refractivity contribution in [2.45, 2.75) is 6.54 Å². The summed E-state index contributed by atoms with van der Waals surface area (Å²) in [6.45, 7) is 2.26. The van der Waals surface area contributed by atoms with Gasteiger partial charge in [0, 0.05) is 26.7 Å². The molecule has 3 N–H and O–H groups in total. The van der Waals surface area contributed by atoms with Gasteiger partial charge in [0.05, 0.1) is 5.69 Å². The van der Waals surface area contributed by atoms with Gasteiger partial charge in [-0.2, -0.15) is 0 Å². The van der Waals surface area contributed by atoms with Crippen molar-refractivity contribution in [2.24, 2.45) is 5.73 Å². The Labute approximate surface area is 101 Å². The molecular formula is C12H17N3O2. The van der Waals surface area contributed by atoms with E-state index in [2.05, 4.69) is 5.32 Å². The Morgan fingerprint density at radius 2 is 2.35 bits per heavy atom. The highest BCUT2D eigenvalue weighted by Crippen LogP contribution is 2.31. The van der Waals surface area contributed by atoms with Crippen molar-refractivity contribution >= 4 is 11.6 Å². The zero-order valence-electron chi connectivity index (χ0n) is 9.90. The van der Waals surface area contributed by atoms with E-state index in [9.17, 15) is 4.79 Å². The second kappa shape index (κ2) is 5.16. The van der Waals surface area contributed by atoms with Gasteiger partial charge in [0.15, 0.2) is 6.61 Å². The van der Waals surface area contributed by atoms with Crippen molar-refractivity contribution in [3.63, 3.8) is 0 Å². The molecular weight excluding hydrogens is 218 g/mol. The minimum absolute atomic E-state index is 0.0235. The summed E-state index contributed by atoms with van der Waals surface area (Å²) in [4.78, 5) is 13.1. The van der Waals surface area contributed by atoms with E-state index in [4.69, 9.17) is 10.5 Å². The number of likely N-dealkylation sites (N-methyl/N-ethyl adjacent to an activating group) is 1. The number of ether oxygens (including phenoxy) is 1. The first kappa shape index (κ1) is 11.9. The first-order valence-corrected chi connectivity index (χ1v) is 5.65. The summed E-state index contributed by atoms with van der Waals surface area (Å²) >= 11 is 0. The Kier molecular flexibility index (Phi) is 3.61. The third kappa shape index (κ3) is 2.57. The molecule has 0 atom stereocenters. The second-order valence-corrected chi connectivity index (χ2v) is 4.01. The number of anilines is 1. The van der Waals surface area contributed by atoms with Crippen LogP contribution in [0.1, 0.15) is 5.56 Å². The van der Waals surface area contributed by atoms with Crippen LogP contribution >= 0.6 is 0 Å². The van der Waals surface area contributed by atoms with Gasteiger partial charge in [0.25, 0.3) is 5.91 Å². The SMILES string of the molecule is CN1C(=O)COc2ccc(CNCCN)cc21. The molecule has 1 amide bonds. The average Bonchev–Trinajstić information content (AvgIpc) is 2.35. The van der Waals surface area contributed by atoms with E-state index in [1.54, 1.807) is 11.9 Å². The summed E-state index contributed by atoms with van der Waals surface area (Å²) in [5.41, 5.74) is 7.35. The van der Waals surface area contributed by atoms with Gasteiger partial charge >= 0.3 is 0 Å². The Bertz CT molecular complexity index is 420. The summed E-state index contributed by atoms with van der Waals surface area (Å²) in [5.74, 6) is 0.735. The molecule has 1 aromatic rings. The first-order chi connectivity index (χ1) is 8.22. The van der Waals surface area contributed by atoms with Gasteiger partial charge in [0.1, 0.15) is 5.75 Å². The zero-order valence-corrected chi connectivity index (χ0v) is 9.90. The highest BCUT2D eigenvalue weighted by atomic mass is 16.5. The lowest BCUT2D eigenvalue weighted by molar-refractivity contribution is -0.120. The smallest absolute Gasteiger partial charge is 0.264 e. The van der Waals surface area contributed by atoms with Gasteiger partial charge in [-0.25, -0.2) is 0 Å². The molecule has 0 saturated carbocycles. The van der Waals surface area contributed by atoms with E-state index < -0.39 is 0 Å². The van der Waals surface area contributed by atoms with Crippen LogP contribution in [0.25, 0.3) is 0 Å². The van der Waals surface area contributed by atoms with Gasteiger partial charge in [-0.15, -0.1) is 0 Å². The Morgan fingerprint density at radius 3 is 3.12 bits per heavy atom. The van der Waals surface area contributed by atoms with Crippen molar-refractivity contribution < 1.29 is 9.53 Å². The topological polar surface area (TPSA) is 67.6 Å². The van der Waals surface area contributed by atoms with E-state index in [-0.39, 0.29) is 12.5 Å². The maximum atomic E-state index is 11.5. The number of fused-ring (bicyclic) bond motifs is 1. The van der Waals surface area contributed by atoms with Crippen LogP contribution in [0.15, 0.2) is 18.2 Å². The van der Waals surface area contributed by atoms with Crippen LogP contribution in [0, 0.1) is 0 Å². The molecule has 0 fully saturated rings. The lowest BCUT2D eigenvalue weighted by atomic mass is 10.1. The van der Waals surface area contributed by atoms with Crippen LogP contribution in [0.3, 0.4) is 0 Å². The lowest BCUT2D eigenvalue weighted by Crippen LogP contribution is -2.35. The standard InChI is InChI=1S/C12H17N3O2/c1-15-10-6-9(7-14-5-4-13)2-3-11(10)17-8-12(15)16/h2-3,6,14H,4-5,7-8,13H2,1H3. The Hall–Kier alpha value is -1.59. The van der Waals surface area contributed by atoms with E-state index in [1.165, 1.54) is 0 Å². The molecule has 1 aromatic carbocycles. The molecule has 0 aromatic heterocycles. The number of nitrogens with two attached hydrogens (primary N) is 1. The zero-order chi connectivity index (χ0) is 12.3. The van der Waals surface area contributed by atoms with E-state index in [0.29, 0.717) is 6.54 Å². The van der Waals surface area contributed by atoms with Gasteiger partial charge in [-0.1, -0.05) is 6.07 Å². The van der Waals surface area contributed by atoms with Gasteiger partial charge in [-0.3, -0.25) is 4.79 Å². The van der Waals surface area contributed by atoms with Gasteiger partial charge < -0.3 is 20.7 Å². The molecule has 92 valence electrons. The maximum absolute atomic E-state index is 11.5. The molecule has 0 unspecified atom stereocenters. The number of nitrogens with one attached hydrogen (secondary N) is 1. The van der Waals surface area contributed by atoms with E-state index in [1.807, 2.05) is 18.2 Å². The molecule has 0 aliphatic carbocycles. The van der Waals surface area contributed by atoms with Crippen molar-refractivity contribution in [3.8, 4) is 5.75 Å². The molecule has 0 radical (unpaired) electrons. The number of carbonyl (C=O) groups is 1. The van der Waals surface area contributed by atoms with Crippen molar-refractivity contribution in [3.05, 3.63) is 23.8 Å². The van der Waals surface area contributed by atoms with E-state index >= 15 is 0 Å². The van der Waals surface area contributed by atoms with Crippen molar-refractivity contribution in [2.75, 3.05) is 31.6 Å². The maximum Gasteiger partial charge on any atom is 0.264 e. The Morgan fingerprint density at radius 1 is 1.53 bits per heavy atom. The summed E-state index contributed by atoms with van der Waals surface area (Å²) in [5, 5.41) is 3.21. The molecule has 0 spiro atoms. The lowest BCUT2D eigenvalue weighted by Gasteiger charge is -2.26. The molecule has 5 nitrogen and oxygen atoms in total. The van der Waals surface area contributed by atoms with Crippen LogP contribution in [0.4, 0.5) is 5.69 Å². The molecule has 0 bridgehead atoms. The highest BCUT2D eigenvalue weighted by molar-refractivity contribution is 5.97. The molecule has 1 aliphatic rings. The number of amides is 1. The third-order valence-corrected chi connectivity index (χ3v) is 2.76. The fourth-order valence-electron chi connectivity index (χ4n) is 1.76. The normalized spacial score (nSPS) is 14.5. The average molecular weight is 235 g/mol. The van der Waals surface area contributed by atoms with Crippen LogP contribution < -0.4 is 20.7 Å².